The summed E-state index contributed by atoms with van der Waals surface area (Å²) in [7, 11) is 0. The zero-order valence-corrected chi connectivity index (χ0v) is 15.3. The molecule has 0 atom stereocenters. The van der Waals surface area contributed by atoms with Crippen LogP contribution in [0.15, 0.2) is 42.0 Å². The number of hydrogen-bond donors (Lipinski definition) is 1. The lowest BCUT2D eigenvalue weighted by Crippen LogP contribution is -2.05. The lowest BCUT2D eigenvalue weighted by Gasteiger charge is -2.13. The fourth-order valence-corrected chi connectivity index (χ4v) is 3.47. The highest BCUT2D eigenvalue weighted by molar-refractivity contribution is 5.71. The summed E-state index contributed by atoms with van der Waals surface area (Å²) in [5.74, 6) is -1.26. The molecule has 0 fully saturated rings. The molecule has 0 aliphatic heterocycles. The second-order valence-corrected chi connectivity index (χ2v) is 6.90. The molecule has 1 aliphatic rings. The summed E-state index contributed by atoms with van der Waals surface area (Å²) in [6.45, 7) is -0.0437. The lowest BCUT2D eigenvalue weighted by molar-refractivity contribution is -0.136. The van der Waals surface area contributed by atoms with Gasteiger partial charge in [0, 0.05) is 10.5 Å². The average Bonchev–Trinajstić information content (AvgIpc) is 3.15. The number of aliphatic carboxylic acids is 1. The van der Waals surface area contributed by atoms with Crippen LogP contribution in [0.4, 0.5) is 4.39 Å². The maximum Gasteiger partial charge on any atom is 0.303 e. The molecule has 27 heavy (non-hydrogen) atoms. The van der Waals surface area contributed by atoms with Crippen LogP contribution in [-0.2, 0) is 11.2 Å². The summed E-state index contributed by atoms with van der Waals surface area (Å²) in [5.41, 5.74) is 4.96. The summed E-state index contributed by atoms with van der Waals surface area (Å²) in [6, 6.07) is 9.88. The Labute approximate surface area is 163 Å². The smallest absolute Gasteiger partial charge is 0.303 e. The Morgan fingerprint density at radius 3 is 2.74 bits per heavy atom. The van der Waals surface area contributed by atoms with Crippen molar-refractivity contribution in [3.8, 4) is 5.75 Å². The van der Waals surface area contributed by atoms with Gasteiger partial charge < -0.3 is 9.84 Å². The number of allylic oxidation sites excluding steroid dienone is 1. The van der Waals surface area contributed by atoms with E-state index >= 15 is 0 Å². The van der Waals surface area contributed by atoms with Crippen molar-refractivity contribution in [2.75, 3.05) is 6.61 Å². The molecule has 2 aromatic rings. The number of rotatable bonds is 7. The molecule has 0 bridgehead atoms. The van der Waals surface area contributed by atoms with Crippen molar-refractivity contribution >= 4 is 11.5 Å². The van der Waals surface area contributed by atoms with Gasteiger partial charge in [-0.3, -0.25) is 4.79 Å². The van der Waals surface area contributed by atoms with Crippen LogP contribution in [0.5, 0.6) is 5.75 Å². The maximum atomic E-state index is 14.5. The van der Waals surface area contributed by atoms with Crippen LogP contribution >= 0.6 is 0 Å². The van der Waals surface area contributed by atoms with Gasteiger partial charge in [-0.25, -0.2) is 4.39 Å². The molecule has 0 spiro atoms. The Bertz CT molecular complexity index is 963. The Hall–Kier alpha value is -2.62. The van der Waals surface area contributed by atoms with E-state index in [1.165, 1.54) is 6.07 Å². The van der Waals surface area contributed by atoms with Gasteiger partial charge in [0.05, 0.1) is 0 Å². The largest absolute Gasteiger partial charge is 0.486 e. The van der Waals surface area contributed by atoms with E-state index in [0.29, 0.717) is 11.1 Å². The number of aryl methyl sites for hydroxylation is 3. The molecule has 1 aliphatic carbocycles. The number of halogens is 1. The van der Waals surface area contributed by atoms with Gasteiger partial charge in [0.1, 0.15) is 6.61 Å². The monoisotopic (exact) mass is 371 g/mol. The Kier molecular flexibility index (Phi) is 4.79. The van der Waals surface area contributed by atoms with Crippen LogP contribution in [0.25, 0.3) is 5.57 Å². The van der Waals surface area contributed by atoms with Crippen LogP contribution in [0.2, 0.25) is 0 Å². The molecule has 0 heterocycles. The summed E-state index contributed by atoms with van der Waals surface area (Å²) < 4.78 is 42.7. The number of ether oxygens (including phenoxy) is 1. The topological polar surface area (TPSA) is 46.5 Å². The standard InChI is InChI=1S/C23H25FO3/c1-15-6-8-17(9-7-15)20-5-3-4-19(20)14-27-22-12-16(2)18(13-21(22)24)10-11-23(25)26/h6-9,12-13H,3-5,10-11,14H2,1-2H3,(H,25,26)/i1D3. The van der Waals surface area contributed by atoms with Gasteiger partial charge in [-0.2, -0.15) is 0 Å². The van der Waals surface area contributed by atoms with Crippen LogP contribution < -0.4 is 4.74 Å². The van der Waals surface area contributed by atoms with Gasteiger partial charge in [0.15, 0.2) is 11.6 Å². The molecule has 1 N–H and O–H groups in total. The van der Waals surface area contributed by atoms with E-state index in [1.54, 1.807) is 18.2 Å². The third-order valence-electron chi connectivity index (χ3n) is 4.97. The molecule has 3 nitrogen and oxygen atoms in total. The molecule has 0 saturated carbocycles. The van der Waals surface area contributed by atoms with Gasteiger partial charge in [-0.15, -0.1) is 0 Å². The van der Waals surface area contributed by atoms with E-state index in [4.69, 9.17) is 14.0 Å². The molecule has 0 saturated heterocycles. The zero-order valence-electron chi connectivity index (χ0n) is 18.3. The predicted octanol–water partition coefficient (Wildman–Crippen LogP) is 5.48. The first-order valence-corrected chi connectivity index (χ1v) is 9.10. The van der Waals surface area contributed by atoms with Crippen LogP contribution in [0.3, 0.4) is 0 Å². The van der Waals surface area contributed by atoms with E-state index in [-0.39, 0.29) is 25.2 Å². The number of hydrogen-bond acceptors (Lipinski definition) is 2. The predicted molar refractivity (Wildman–Crippen MR) is 105 cm³/mol. The van der Waals surface area contributed by atoms with Crippen molar-refractivity contribution in [2.24, 2.45) is 0 Å². The number of carboxylic acid groups (broad SMARTS) is 1. The highest BCUT2D eigenvalue weighted by Gasteiger charge is 2.18. The number of carboxylic acids is 1. The van der Waals surface area contributed by atoms with E-state index in [1.807, 2.05) is 19.1 Å². The number of benzene rings is 2. The van der Waals surface area contributed by atoms with Crippen molar-refractivity contribution in [1.29, 1.82) is 0 Å². The molecule has 0 amide bonds. The highest BCUT2D eigenvalue weighted by Crippen LogP contribution is 2.34. The fourth-order valence-electron chi connectivity index (χ4n) is 3.47. The Balaban J connectivity index is 1.74. The minimum Gasteiger partial charge on any atom is -0.486 e. The Morgan fingerprint density at radius 2 is 2.04 bits per heavy atom. The van der Waals surface area contributed by atoms with Crippen molar-refractivity contribution in [1.82, 2.24) is 0 Å². The highest BCUT2D eigenvalue weighted by atomic mass is 19.1. The second kappa shape index (κ2) is 8.38. The first-order chi connectivity index (χ1) is 14.1. The van der Waals surface area contributed by atoms with Crippen molar-refractivity contribution in [3.63, 3.8) is 0 Å². The average molecular weight is 371 g/mol. The van der Waals surface area contributed by atoms with Gasteiger partial charge >= 0.3 is 5.97 Å². The molecule has 0 aromatic heterocycles. The molecular formula is C23H25FO3. The van der Waals surface area contributed by atoms with E-state index < -0.39 is 18.6 Å². The van der Waals surface area contributed by atoms with Crippen LogP contribution in [0, 0.1) is 19.6 Å². The normalized spacial score (nSPS) is 16.0. The Morgan fingerprint density at radius 1 is 1.26 bits per heavy atom. The summed E-state index contributed by atoms with van der Waals surface area (Å²) in [5, 5.41) is 8.82. The quantitative estimate of drug-likeness (QED) is 0.701. The fraction of sp³-hybridized carbons (Fsp3) is 0.348. The van der Waals surface area contributed by atoms with Gasteiger partial charge in [0.2, 0.25) is 0 Å². The van der Waals surface area contributed by atoms with Crippen molar-refractivity contribution < 1.29 is 23.1 Å². The number of carbonyl (C=O) groups is 1. The second-order valence-electron chi connectivity index (χ2n) is 6.90. The third kappa shape index (κ3) is 4.76. The molecule has 2 aromatic carbocycles. The minimum absolute atomic E-state index is 0.0443. The summed E-state index contributed by atoms with van der Waals surface area (Å²) >= 11 is 0. The van der Waals surface area contributed by atoms with Crippen LogP contribution in [0.1, 0.15) is 52.0 Å². The molecule has 0 radical (unpaired) electrons. The van der Waals surface area contributed by atoms with Crippen molar-refractivity contribution in [3.05, 3.63) is 70.0 Å². The van der Waals surface area contributed by atoms with Gasteiger partial charge in [-0.05, 0) is 79.4 Å². The molecule has 4 heteroatoms. The molecule has 142 valence electrons. The minimum atomic E-state index is -2.12. The summed E-state index contributed by atoms with van der Waals surface area (Å²) in [6.07, 6.45) is 2.94. The van der Waals surface area contributed by atoms with Crippen LogP contribution in [-0.4, -0.2) is 17.7 Å². The van der Waals surface area contributed by atoms with Gasteiger partial charge in [-0.1, -0.05) is 29.8 Å². The SMILES string of the molecule is [2H]C([2H])([2H])c1ccc(C2=C(COc3cc(C)c(CCC(=O)O)cc3F)CCC2)cc1. The van der Waals surface area contributed by atoms with Gasteiger partial charge in [0.25, 0.3) is 0 Å². The maximum absolute atomic E-state index is 14.5. The van der Waals surface area contributed by atoms with E-state index in [9.17, 15) is 9.18 Å². The third-order valence-corrected chi connectivity index (χ3v) is 4.97. The lowest BCUT2D eigenvalue weighted by atomic mass is 10.0. The van der Waals surface area contributed by atoms with E-state index in [0.717, 1.165) is 41.5 Å². The van der Waals surface area contributed by atoms with E-state index in [2.05, 4.69) is 0 Å². The molecule has 3 rings (SSSR count). The first-order valence-electron chi connectivity index (χ1n) is 10.6. The molecular weight excluding hydrogens is 343 g/mol. The van der Waals surface area contributed by atoms with Crippen molar-refractivity contribution in [2.45, 2.75) is 45.9 Å². The zero-order chi connectivity index (χ0) is 21.9. The first kappa shape index (κ1) is 15.4. The molecule has 0 unspecified atom stereocenters. The summed E-state index contributed by atoms with van der Waals surface area (Å²) in [4.78, 5) is 10.7.